The predicted molar refractivity (Wildman–Crippen MR) is 62.2 cm³/mol. The Morgan fingerprint density at radius 2 is 1.80 bits per heavy atom. The van der Waals surface area contributed by atoms with Crippen LogP contribution in [0.5, 0.6) is 0 Å². The molecule has 0 unspecified atom stereocenters. The van der Waals surface area contributed by atoms with Gasteiger partial charge in [0.15, 0.2) is 0 Å². The van der Waals surface area contributed by atoms with Crippen LogP contribution in [0.3, 0.4) is 0 Å². The van der Waals surface area contributed by atoms with Gasteiger partial charge in [-0.05, 0) is 18.2 Å². The minimum Gasteiger partial charge on any atom is -0.397 e. The molecule has 0 atom stereocenters. The molecule has 1 aromatic rings. The van der Waals surface area contributed by atoms with E-state index in [0.29, 0.717) is 23.8 Å². The molecule has 4 nitrogen and oxygen atoms in total. The maximum absolute atomic E-state index is 8.89. The van der Waals surface area contributed by atoms with Crippen LogP contribution >= 0.6 is 11.6 Å². The second-order valence-electron chi connectivity index (χ2n) is 3.14. The molecular weight excluding hydrogens is 216 g/mol. The number of halogens is 1. The third-order valence-electron chi connectivity index (χ3n) is 2.07. The van der Waals surface area contributed by atoms with Crippen LogP contribution in [-0.2, 0) is 0 Å². The molecule has 5 heteroatoms. The van der Waals surface area contributed by atoms with E-state index in [1.807, 2.05) is 0 Å². The van der Waals surface area contributed by atoms with Gasteiger partial charge in [0, 0.05) is 18.1 Å². The van der Waals surface area contributed by atoms with Crippen molar-refractivity contribution in [3.05, 3.63) is 23.2 Å². The van der Waals surface area contributed by atoms with E-state index in [-0.39, 0.29) is 13.2 Å². The van der Waals surface area contributed by atoms with Crippen molar-refractivity contribution in [3.63, 3.8) is 0 Å². The molecule has 0 saturated carbocycles. The minimum atomic E-state index is 0.00591. The smallest absolute Gasteiger partial charge is 0.0616 e. The molecule has 0 spiro atoms. The van der Waals surface area contributed by atoms with Crippen LogP contribution in [0.1, 0.15) is 0 Å². The van der Waals surface area contributed by atoms with Crippen LogP contribution in [0.25, 0.3) is 0 Å². The van der Waals surface area contributed by atoms with Gasteiger partial charge in [-0.3, -0.25) is 0 Å². The summed E-state index contributed by atoms with van der Waals surface area (Å²) in [5.74, 6) is 0. The Morgan fingerprint density at radius 1 is 1.20 bits per heavy atom. The van der Waals surface area contributed by atoms with Crippen LogP contribution in [0.4, 0.5) is 11.4 Å². The summed E-state index contributed by atoms with van der Waals surface area (Å²) in [6.45, 7) is 0.855. The quantitative estimate of drug-likeness (QED) is 0.652. The average Bonchev–Trinajstić information content (AvgIpc) is 2.21. The second-order valence-corrected chi connectivity index (χ2v) is 3.57. The van der Waals surface area contributed by atoms with Gasteiger partial charge >= 0.3 is 0 Å². The van der Waals surface area contributed by atoms with Crippen molar-refractivity contribution >= 4 is 23.0 Å². The summed E-state index contributed by atoms with van der Waals surface area (Å²) in [6, 6.07) is 5.14. The summed E-state index contributed by atoms with van der Waals surface area (Å²) in [6.07, 6.45) is 0. The summed E-state index contributed by atoms with van der Waals surface area (Å²) in [7, 11) is 0. The van der Waals surface area contributed by atoms with E-state index in [2.05, 4.69) is 0 Å². The molecule has 0 radical (unpaired) electrons. The van der Waals surface area contributed by atoms with Gasteiger partial charge in [0.25, 0.3) is 0 Å². The molecule has 0 saturated heterocycles. The number of nitrogens with zero attached hydrogens (tertiary/aromatic N) is 1. The number of hydrogen-bond donors (Lipinski definition) is 3. The van der Waals surface area contributed by atoms with E-state index in [1.54, 1.807) is 23.1 Å². The lowest BCUT2D eigenvalue weighted by molar-refractivity contribution is 0.281. The van der Waals surface area contributed by atoms with E-state index in [0.717, 1.165) is 5.69 Å². The van der Waals surface area contributed by atoms with Crippen LogP contribution in [0.15, 0.2) is 18.2 Å². The van der Waals surface area contributed by atoms with E-state index in [4.69, 9.17) is 27.5 Å². The summed E-state index contributed by atoms with van der Waals surface area (Å²) >= 11 is 5.85. The van der Waals surface area contributed by atoms with Crippen molar-refractivity contribution in [2.75, 3.05) is 36.9 Å². The molecule has 0 fully saturated rings. The summed E-state index contributed by atoms with van der Waals surface area (Å²) in [4.78, 5) is 1.79. The fourth-order valence-electron chi connectivity index (χ4n) is 1.38. The van der Waals surface area contributed by atoms with Gasteiger partial charge in [-0.15, -0.1) is 0 Å². The fourth-order valence-corrected chi connectivity index (χ4v) is 1.55. The highest BCUT2D eigenvalue weighted by Gasteiger charge is 2.09. The van der Waals surface area contributed by atoms with E-state index in [1.165, 1.54) is 0 Å². The molecule has 0 aliphatic heterocycles. The molecule has 0 amide bonds. The summed E-state index contributed by atoms with van der Waals surface area (Å²) in [5.41, 5.74) is 7.11. The molecular formula is C10H15ClN2O2. The number of aliphatic hydroxyl groups excluding tert-OH is 2. The highest BCUT2D eigenvalue weighted by molar-refractivity contribution is 6.31. The predicted octanol–water partition coefficient (Wildman–Crippen LogP) is 0.713. The highest BCUT2D eigenvalue weighted by atomic mass is 35.5. The molecule has 84 valence electrons. The number of aliphatic hydroxyl groups is 2. The van der Waals surface area contributed by atoms with Crippen LogP contribution < -0.4 is 10.6 Å². The SMILES string of the molecule is Nc1ccc(Cl)cc1N(CCO)CCO. The number of hydrogen-bond acceptors (Lipinski definition) is 4. The first-order valence-electron chi connectivity index (χ1n) is 4.70. The van der Waals surface area contributed by atoms with Gasteiger partial charge in [-0.25, -0.2) is 0 Å². The zero-order valence-electron chi connectivity index (χ0n) is 8.36. The van der Waals surface area contributed by atoms with Crippen molar-refractivity contribution in [1.29, 1.82) is 0 Å². The molecule has 0 aliphatic carbocycles. The number of nitrogen functional groups attached to an aromatic ring is 1. The molecule has 0 aromatic heterocycles. The van der Waals surface area contributed by atoms with Crippen molar-refractivity contribution in [1.82, 2.24) is 0 Å². The monoisotopic (exact) mass is 230 g/mol. The van der Waals surface area contributed by atoms with E-state index in [9.17, 15) is 0 Å². The number of nitrogens with two attached hydrogens (primary N) is 1. The maximum atomic E-state index is 8.89. The van der Waals surface area contributed by atoms with Gasteiger partial charge in [-0.1, -0.05) is 11.6 Å². The lowest BCUT2D eigenvalue weighted by atomic mass is 10.2. The third-order valence-corrected chi connectivity index (χ3v) is 2.31. The van der Waals surface area contributed by atoms with Gasteiger partial charge in [-0.2, -0.15) is 0 Å². The molecule has 0 bridgehead atoms. The topological polar surface area (TPSA) is 69.7 Å². The average molecular weight is 231 g/mol. The molecule has 0 aliphatic rings. The molecule has 4 N–H and O–H groups in total. The van der Waals surface area contributed by atoms with Crippen molar-refractivity contribution in [2.45, 2.75) is 0 Å². The van der Waals surface area contributed by atoms with Crippen molar-refractivity contribution in [2.24, 2.45) is 0 Å². The van der Waals surface area contributed by atoms with Crippen molar-refractivity contribution < 1.29 is 10.2 Å². The van der Waals surface area contributed by atoms with Gasteiger partial charge < -0.3 is 20.8 Å². The summed E-state index contributed by atoms with van der Waals surface area (Å²) < 4.78 is 0. The van der Waals surface area contributed by atoms with Gasteiger partial charge in [0.1, 0.15) is 0 Å². The Kier molecular flexibility index (Phi) is 4.68. The molecule has 1 aromatic carbocycles. The van der Waals surface area contributed by atoms with Crippen LogP contribution in [0.2, 0.25) is 5.02 Å². The fraction of sp³-hybridized carbons (Fsp3) is 0.400. The first kappa shape index (κ1) is 12.1. The van der Waals surface area contributed by atoms with Crippen LogP contribution in [0, 0.1) is 0 Å². The minimum absolute atomic E-state index is 0.00591. The lowest BCUT2D eigenvalue weighted by Crippen LogP contribution is -2.30. The zero-order chi connectivity index (χ0) is 11.3. The van der Waals surface area contributed by atoms with Gasteiger partial charge in [0.05, 0.1) is 24.6 Å². The second kappa shape index (κ2) is 5.80. The Balaban J connectivity index is 2.93. The maximum Gasteiger partial charge on any atom is 0.0616 e. The van der Waals surface area contributed by atoms with E-state index >= 15 is 0 Å². The molecule has 0 heterocycles. The lowest BCUT2D eigenvalue weighted by Gasteiger charge is -2.24. The Morgan fingerprint density at radius 3 is 2.33 bits per heavy atom. The zero-order valence-corrected chi connectivity index (χ0v) is 9.11. The standard InChI is InChI=1S/C10H15ClN2O2/c11-8-1-2-9(12)10(7-8)13(3-5-14)4-6-15/h1-2,7,14-15H,3-6,12H2. The van der Waals surface area contributed by atoms with E-state index < -0.39 is 0 Å². The largest absolute Gasteiger partial charge is 0.397 e. The molecule has 15 heavy (non-hydrogen) atoms. The van der Waals surface area contributed by atoms with Crippen LogP contribution in [-0.4, -0.2) is 36.5 Å². The van der Waals surface area contributed by atoms with Crippen molar-refractivity contribution in [3.8, 4) is 0 Å². The first-order chi connectivity index (χ1) is 7.19. The Bertz CT molecular complexity index is 314. The Labute approximate surface area is 93.9 Å². The normalized spacial score (nSPS) is 10.3. The number of rotatable bonds is 5. The number of benzene rings is 1. The number of anilines is 2. The van der Waals surface area contributed by atoms with Gasteiger partial charge in [0.2, 0.25) is 0 Å². The summed E-state index contributed by atoms with van der Waals surface area (Å²) in [5, 5.41) is 18.4. The first-order valence-corrected chi connectivity index (χ1v) is 5.08. The molecule has 1 rings (SSSR count). The third kappa shape index (κ3) is 3.27. The highest BCUT2D eigenvalue weighted by Crippen LogP contribution is 2.26. The Hall–Kier alpha value is -0.970.